The fourth-order valence-corrected chi connectivity index (χ4v) is 0.894. The molecule has 4 heteroatoms. The third kappa shape index (κ3) is 7.33. The van der Waals surface area contributed by atoms with Crippen molar-refractivity contribution in [2.45, 2.75) is 32.2 Å². The first-order valence-corrected chi connectivity index (χ1v) is 4.53. The van der Waals surface area contributed by atoms with Crippen LogP contribution in [-0.2, 0) is 0 Å². The second kappa shape index (κ2) is 7.61. The second-order valence-corrected chi connectivity index (χ2v) is 3.03. The van der Waals surface area contributed by atoms with E-state index in [2.05, 4.69) is 24.0 Å². The summed E-state index contributed by atoms with van der Waals surface area (Å²) in [5.41, 5.74) is 5.30. The van der Waals surface area contributed by atoms with E-state index in [0.717, 1.165) is 19.4 Å². The van der Waals surface area contributed by atoms with Gasteiger partial charge in [0.1, 0.15) is 5.84 Å². The molecule has 0 aliphatic heterocycles. The van der Waals surface area contributed by atoms with Crippen LogP contribution in [0.4, 0.5) is 0 Å². The molecule has 1 atom stereocenters. The number of nitrogens with two attached hydrogens (primary N) is 1. The van der Waals surface area contributed by atoms with Crippen LogP contribution in [0.5, 0.6) is 0 Å². The van der Waals surface area contributed by atoms with Crippen LogP contribution in [-0.4, -0.2) is 23.6 Å². The molecule has 0 aliphatic carbocycles. The van der Waals surface area contributed by atoms with Crippen molar-refractivity contribution in [3.63, 3.8) is 0 Å². The minimum atomic E-state index is 0.303. The lowest BCUT2D eigenvalue weighted by molar-refractivity contribution is 0.316. The van der Waals surface area contributed by atoms with Gasteiger partial charge in [-0.3, -0.25) is 0 Å². The van der Waals surface area contributed by atoms with Crippen molar-refractivity contribution in [3.8, 4) is 0 Å². The van der Waals surface area contributed by atoms with Gasteiger partial charge in [-0.2, -0.15) is 0 Å². The fourth-order valence-electron chi connectivity index (χ4n) is 0.894. The molecule has 0 aromatic rings. The smallest absolute Gasteiger partial charge is 0.139 e. The highest BCUT2D eigenvalue weighted by Gasteiger charge is 1.95. The van der Waals surface area contributed by atoms with E-state index in [1.54, 1.807) is 0 Å². The highest BCUT2D eigenvalue weighted by Crippen LogP contribution is 1.94. The monoisotopic (exact) mass is 185 g/mol. The zero-order chi connectivity index (χ0) is 10.1. The van der Waals surface area contributed by atoms with Crippen LogP contribution in [0.25, 0.3) is 0 Å². The molecule has 0 aliphatic rings. The number of nitrogens with zero attached hydrogens (tertiary/aromatic N) is 1. The Morgan fingerprint density at radius 1 is 1.69 bits per heavy atom. The summed E-state index contributed by atoms with van der Waals surface area (Å²) >= 11 is 0. The Balaban J connectivity index is 3.22. The standard InChI is InChI=1S/C9H19N3O/c1-3-8(2)11-7-5-4-6-9(10)12-13/h3,8,11,13H,1,4-7H2,2H3,(H2,10,12). The fraction of sp³-hybridized carbons (Fsp3) is 0.667. The first-order valence-electron chi connectivity index (χ1n) is 4.53. The van der Waals surface area contributed by atoms with E-state index >= 15 is 0 Å². The van der Waals surface area contributed by atoms with Crippen LogP contribution in [0, 0.1) is 0 Å². The summed E-state index contributed by atoms with van der Waals surface area (Å²) in [6.45, 7) is 6.65. The third-order valence-electron chi connectivity index (χ3n) is 1.81. The predicted molar refractivity (Wildman–Crippen MR) is 54.9 cm³/mol. The highest BCUT2D eigenvalue weighted by molar-refractivity contribution is 5.79. The van der Waals surface area contributed by atoms with Crippen molar-refractivity contribution in [2.24, 2.45) is 10.9 Å². The molecule has 0 bridgehead atoms. The second-order valence-electron chi connectivity index (χ2n) is 3.03. The van der Waals surface area contributed by atoms with Gasteiger partial charge in [0, 0.05) is 12.5 Å². The Labute approximate surface area is 79.5 Å². The van der Waals surface area contributed by atoms with E-state index in [0.29, 0.717) is 18.3 Å². The van der Waals surface area contributed by atoms with Gasteiger partial charge in [0.15, 0.2) is 0 Å². The van der Waals surface area contributed by atoms with Gasteiger partial charge < -0.3 is 16.3 Å². The zero-order valence-electron chi connectivity index (χ0n) is 8.16. The molecule has 0 radical (unpaired) electrons. The van der Waals surface area contributed by atoms with Crippen LogP contribution in [0.2, 0.25) is 0 Å². The summed E-state index contributed by atoms with van der Waals surface area (Å²) in [5.74, 6) is 0.303. The summed E-state index contributed by atoms with van der Waals surface area (Å²) in [6, 6.07) is 0.351. The van der Waals surface area contributed by atoms with E-state index in [-0.39, 0.29) is 0 Å². The van der Waals surface area contributed by atoms with E-state index in [4.69, 9.17) is 10.9 Å². The van der Waals surface area contributed by atoms with Crippen molar-refractivity contribution in [2.75, 3.05) is 6.54 Å². The molecule has 0 saturated carbocycles. The molecule has 0 rings (SSSR count). The van der Waals surface area contributed by atoms with Crippen molar-refractivity contribution in [3.05, 3.63) is 12.7 Å². The van der Waals surface area contributed by atoms with E-state index < -0.39 is 0 Å². The number of nitrogens with one attached hydrogen (secondary N) is 1. The largest absolute Gasteiger partial charge is 0.409 e. The summed E-state index contributed by atoms with van der Waals surface area (Å²) in [6.07, 6.45) is 4.48. The topological polar surface area (TPSA) is 70.6 Å². The SMILES string of the molecule is C=CC(C)NCCCC/C(N)=N/O. The summed E-state index contributed by atoms with van der Waals surface area (Å²) < 4.78 is 0. The van der Waals surface area contributed by atoms with Crippen LogP contribution >= 0.6 is 0 Å². The van der Waals surface area contributed by atoms with Crippen LogP contribution < -0.4 is 11.1 Å². The van der Waals surface area contributed by atoms with Crippen LogP contribution in [0.1, 0.15) is 26.2 Å². The van der Waals surface area contributed by atoms with Crippen molar-refractivity contribution >= 4 is 5.84 Å². The lowest BCUT2D eigenvalue weighted by Gasteiger charge is -2.07. The minimum Gasteiger partial charge on any atom is -0.409 e. The maximum atomic E-state index is 8.25. The number of rotatable bonds is 7. The van der Waals surface area contributed by atoms with Gasteiger partial charge >= 0.3 is 0 Å². The molecule has 4 nitrogen and oxygen atoms in total. The molecule has 0 saturated heterocycles. The average Bonchev–Trinajstić information content (AvgIpc) is 2.16. The van der Waals surface area contributed by atoms with Crippen molar-refractivity contribution in [1.82, 2.24) is 5.32 Å². The number of hydrogen-bond donors (Lipinski definition) is 3. The van der Waals surface area contributed by atoms with E-state index in [1.807, 2.05) is 6.08 Å². The molecule has 0 aromatic heterocycles. The Morgan fingerprint density at radius 2 is 2.38 bits per heavy atom. The zero-order valence-corrected chi connectivity index (χ0v) is 8.16. The van der Waals surface area contributed by atoms with E-state index in [9.17, 15) is 0 Å². The van der Waals surface area contributed by atoms with Crippen LogP contribution in [0.3, 0.4) is 0 Å². The number of hydrogen-bond acceptors (Lipinski definition) is 3. The Hall–Kier alpha value is -1.03. The number of amidine groups is 1. The lowest BCUT2D eigenvalue weighted by atomic mass is 10.2. The molecule has 0 fully saturated rings. The summed E-state index contributed by atoms with van der Waals surface area (Å²) in [5, 5.41) is 14.4. The first-order chi connectivity index (χ1) is 6.20. The number of oxime groups is 1. The van der Waals surface area contributed by atoms with Gasteiger partial charge in [0.25, 0.3) is 0 Å². The minimum absolute atomic E-state index is 0.303. The molecule has 1 unspecified atom stereocenters. The molecule has 0 amide bonds. The van der Waals surface area contributed by atoms with Gasteiger partial charge in [0.05, 0.1) is 0 Å². The highest BCUT2D eigenvalue weighted by atomic mass is 16.4. The average molecular weight is 185 g/mol. The van der Waals surface area contributed by atoms with Gasteiger partial charge in [0.2, 0.25) is 0 Å². The molecule has 76 valence electrons. The van der Waals surface area contributed by atoms with Crippen molar-refractivity contribution < 1.29 is 5.21 Å². The maximum Gasteiger partial charge on any atom is 0.139 e. The molecule has 0 spiro atoms. The first kappa shape index (κ1) is 12.0. The van der Waals surface area contributed by atoms with Gasteiger partial charge in [-0.15, -0.1) is 6.58 Å². The molecular weight excluding hydrogens is 166 g/mol. The Kier molecular flexibility index (Phi) is 7.01. The van der Waals surface area contributed by atoms with E-state index in [1.165, 1.54) is 0 Å². The lowest BCUT2D eigenvalue weighted by Crippen LogP contribution is -2.24. The Bertz CT molecular complexity index is 168. The predicted octanol–water partition coefficient (Wildman–Crippen LogP) is 1.07. The van der Waals surface area contributed by atoms with Gasteiger partial charge in [-0.05, 0) is 26.3 Å². The molecule has 0 heterocycles. The molecular formula is C9H19N3O. The molecule has 4 N–H and O–H groups in total. The third-order valence-corrected chi connectivity index (χ3v) is 1.81. The summed E-state index contributed by atoms with van der Waals surface area (Å²) in [7, 11) is 0. The molecule has 13 heavy (non-hydrogen) atoms. The quantitative estimate of drug-likeness (QED) is 0.139. The number of unbranched alkanes of at least 4 members (excludes halogenated alkanes) is 1. The molecule has 0 aromatic carbocycles. The van der Waals surface area contributed by atoms with Crippen LogP contribution in [0.15, 0.2) is 17.8 Å². The summed E-state index contributed by atoms with van der Waals surface area (Å²) in [4.78, 5) is 0. The maximum absolute atomic E-state index is 8.25. The Morgan fingerprint density at radius 3 is 2.92 bits per heavy atom. The van der Waals surface area contributed by atoms with Gasteiger partial charge in [-0.1, -0.05) is 11.2 Å². The van der Waals surface area contributed by atoms with Crippen molar-refractivity contribution in [1.29, 1.82) is 0 Å². The normalized spacial score (nSPS) is 14.1. The van der Waals surface area contributed by atoms with Gasteiger partial charge in [-0.25, -0.2) is 0 Å².